The van der Waals surface area contributed by atoms with Crippen LogP contribution in [-0.2, 0) is 0 Å². The zero-order valence-corrected chi connectivity index (χ0v) is 37.0. The minimum absolute atomic E-state index is 0.652. The molecule has 0 aliphatic carbocycles. The molecule has 0 radical (unpaired) electrons. The van der Waals surface area contributed by atoms with E-state index in [1.54, 1.807) is 0 Å². The first-order chi connectivity index (χ1) is 32.6. The highest BCUT2D eigenvalue weighted by Gasteiger charge is 2.17. The molecule has 5 heteroatoms. The van der Waals surface area contributed by atoms with E-state index in [1.165, 1.54) is 84.1 Å². The molecule has 0 N–H and O–H groups in total. The molecule has 0 atom stereocenters. The average molecular weight is 877 g/mol. The van der Waals surface area contributed by atoms with Gasteiger partial charge in [-0.3, -0.25) is 0 Å². The molecule has 0 fully saturated rings. The van der Waals surface area contributed by atoms with E-state index >= 15 is 0 Å². The van der Waals surface area contributed by atoms with Crippen LogP contribution in [0.15, 0.2) is 223 Å². The number of rotatable bonds is 6. The number of pyridine rings is 1. The number of benzene rings is 10. The Morgan fingerprint density at radius 2 is 0.758 bits per heavy atom. The van der Waals surface area contributed by atoms with Crippen LogP contribution in [0.2, 0.25) is 0 Å². The van der Waals surface area contributed by atoms with Gasteiger partial charge >= 0.3 is 0 Å². The van der Waals surface area contributed by atoms with Gasteiger partial charge in [0.2, 0.25) is 5.71 Å². The van der Waals surface area contributed by atoms with Gasteiger partial charge in [-0.15, -0.1) is 22.7 Å². The predicted molar refractivity (Wildman–Crippen MR) is 283 cm³/mol. The second-order valence-electron chi connectivity index (χ2n) is 17.1. The van der Waals surface area contributed by atoms with Crippen molar-refractivity contribution in [2.45, 2.75) is 0 Å². The van der Waals surface area contributed by atoms with Gasteiger partial charge in [0.05, 0.1) is 5.69 Å². The number of hydrogen-bond donors (Lipinski definition) is 0. The zero-order chi connectivity index (χ0) is 43.3. The topological polar surface area (TPSA) is 29.3 Å². The number of hydrogen-bond acceptors (Lipinski definition) is 5. The van der Waals surface area contributed by atoms with Gasteiger partial charge in [-0.05, 0) is 135 Å². The molecule has 4 aromatic heterocycles. The first-order valence-electron chi connectivity index (χ1n) is 22.2. The van der Waals surface area contributed by atoms with E-state index in [0.29, 0.717) is 5.71 Å². The molecule has 3 nitrogen and oxygen atoms in total. The maximum absolute atomic E-state index is 6.17. The van der Waals surface area contributed by atoms with Gasteiger partial charge < -0.3 is 9.32 Å². The van der Waals surface area contributed by atoms with Gasteiger partial charge in [-0.1, -0.05) is 127 Å². The standard InChI is InChI=1S/C61H36N2OS2/c1-4-10-56-49(7-1)54-29-30-55(62-61(54)64-56)37-17-23-46(24-18-37)63(47-25-19-40-31-38(13-15-42(40)33-47)44-21-27-52-50-8-2-5-11-57(50)65-59(52)35-44)48-26-20-41-32-39(14-16-43(41)34-48)45-22-28-53-51-9-3-6-12-58(51)66-60(53)36-45/h1-36H. The van der Waals surface area contributed by atoms with Crippen molar-refractivity contribution in [1.29, 1.82) is 0 Å². The summed E-state index contributed by atoms with van der Waals surface area (Å²) in [6.07, 6.45) is 0. The third kappa shape index (κ3) is 6.12. The smallest absolute Gasteiger partial charge is 0.227 e. The first kappa shape index (κ1) is 37.3. The van der Waals surface area contributed by atoms with E-state index < -0.39 is 0 Å². The Hall–Kier alpha value is -8.09. The van der Waals surface area contributed by atoms with Crippen LogP contribution in [-0.4, -0.2) is 4.98 Å². The van der Waals surface area contributed by atoms with Crippen LogP contribution in [0.25, 0.3) is 117 Å². The SMILES string of the molecule is c1ccc2c(c1)oc1nc(-c3ccc(N(c4ccc5cc(-c6ccc7c(c6)sc6ccccc67)ccc5c4)c4ccc5cc(-c6ccc7c(c6)sc6ccccc67)ccc5c4)cc3)ccc12. The molecule has 0 unspecified atom stereocenters. The molecule has 0 saturated heterocycles. The summed E-state index contributed by atoms with van der Waals surface area (Å²) in [7, 11) is 0. The number of fused-ring (bicyclic) bond motifs is 11. The van der Waals surface area contributed by atoms with Gasteiger partial charge in [0.1, 0.15) is 5.58 Å². The Kier molecular flexibility index (Phi) is 8.32. The number of anilines is 3. The summed E-state index contributed by atoms with van der Waals surface area (Å²) >= 11 is 3.73. The number of para-hydroxylation sites is 1. The van der Waals surface area contributed by atoms with Crippen LogP contribution < -0.4 is 4.90 Å². The lowest BCUT2D eigenvalue weighted by molar-refractivity contribution is 0.654. The van der Waals surface area contributed by atoms with Crippen LogP contribution in [0.3, 0.4) is 0 Å². The van der Waals surface area contributed by atoms with Crippen LogP contribution in [0, 0.1) is 0 Å². The molecule has 10 aromatic carbocycles. The fourth-order valence-corrected chi connectivity index (χ4v) is 12.2. The molecule has 0 spiro atoms. The Morgan fingerprint density at radius 1 is 0.318 bits per heavy atom. The summed E-state index contributed by atoms with van der Waals surface area (Å²) in [6.45, 7) is 0. The lowest BCUT2D eigenvalue weighted by atomic mass is 9.99. The van der Waals surface area contributed by atoms with Gasteiger partial charge in [0.15, 0.2) is 0 Å². The summed E-state index contributed by atoms with van der Waals surface area (Å²) in [5.41, 5.74) is 11.5. The van der Waals surface area contributed by atoms with E-state index in [0.717, 1.165) is 44.7 Å². The highest BCUT2D eigenvalue weighted by atomic mass is 32.1. The predicted octanol–water partition coefficient (Wildman–Crippen LogP) is 18.5. The maximum Gasteiger partial charge on any atom is 0.227 e. The molecule has 14 rings (SSSR count). The van der Waals surface area contributed by atoms with E-state index in [4.69, 9.17) is 9.40 Å². The Bertz CT molecular complexity index is 4060. The van der Waals surface area contributed by atoms with Crippen molar-refractivity contribution in [2.24, 2.45) is 0 Å². The van der Waals surface area contributed by atoms with Crippen LogP contribution in [0.4, 0.5) is 17.1 Å². The fourth-order valence-electron chi connectivity index (χ4n) is 9.91. The van der Waals surface area contributed by atoms with Crippen molar-refractivity contribution in [3.05, 3.63) is 218 Å². The van der Waals surface area contributed by atoms with E-state index in [9.17, 15) is 0 Å². The Morgan fingerprint density at radius 3 is 1.36 bits per heavy atom. The maximum atomic E-state index is 6.17. The molecule has 0 saturated carbocycles. The Balaban J connectivity index is 0.842. The molecule has 14 aromatic rings. The van der Waals surface area contributed by atoms with Crippen molar-refractivity contribution in [3.63, 3.8) is 0 Å². The van der Waals surface area contributed by atoms with Gasteiger partial charge in [0, 0.05) is 73.7 Å². The zero-order valence-electron chi connectivity index (χ0n) is 35.4. The highest BCUT2D eigenvalue weighted by molar-refractivity contribution is 7.26. The van der Waals surface area contributed by atoms with Crippen LogP contribution in [0.5, 0.6) is 0 Å². The van der Waals surface area contributed by atoms with Crippen molar-refractivity contribution >= 4 is 124 Å². The van der Waals surface area contributed by atoms with Crippen molar-refractivity contribution in [2.75, 3.05) is 4.90 Å². The van der Waals surface area contributed by atoms with Crippen molar-refractivity contribution in [3.8, 4) is 33.5 Å². The fraction of sp³-hybridized carbons (Fsp3) is 0. The lowest BCUT2D eigenvalue weighted by Crippen LogP contribution is -2.10. The summed E-state index contributed by atoms with van der Waals surface area (Å²) in [5.74, 6) is 0. The van der Waals surface area contributed by atoms with E-state index in [2.05, 4.69) is 205 Å². The van der Waals surface area contributed by atoms with Gasteiger partial charge in [-0.2, -0.15) is 0 Å². The van der Waals surface area contributed by atoms with Gasteiger partial charge in [-0.25, -0.2) is 4.98 Å². The molecule has 0 bridgehead atoms. The summed E-state index contributed by atoms with van der Waals surface area (Å²) in [6, 6.07) is 79.6. The number of furan rings is 1. The first-order valence-corrected chi connectivity index (χ1v) is 23.9. The lowest BCUT2D eigenvalue weighted by Gasteiger charge is -2.26. The minimum Gasteiger partial charge on any atom is -0.438 e. The second kappa shape index (κ2) is 14.7. The molecule has 66 heavy (non-hydrogen) atoms. The molecule has 308 valence electrons. The van der Waals surface area contributed by atoms with E-state index in [1.807, 2.05) is 40.9 Å². The molecular weight excluding hydrogens is 841 g/mol. The second-order valence-corrected chi connectivity index (χ2v) is 19.3. The highest BCUT2D eigenvalue weighted by Crippen LogP contribution is 2.42. The van der Waals surface area contributed by atoms with Crippen LogP contribution >= 0.6 is 22.7 Å². The molecule has 0 aliphatic heterocycles. The molecule has 0 aliphatic rings. The average Bonchev–Trinajstić information content (AvgIpc) is 4.07. The molecule has 4 heterocycles. The van der Waals surface area contributed by atoms with Gasteiger partial charge in [0.25, 0.3) is 0 Å². The molecular formula is C61H36N2OS2. The quantitative estimate of drug-likeness (QED) is 0.167. The Labute approximate surface area is 387 Å². The van der Waals surface area contributed by atoms with Crippen molar-refractivity contribution < 1.29 is 4.42 Å². The van der Waals surface area contributed by atoms with E-state index in [-0.39, 0.29) is 0 Å². The minimum atomic E-state index is 0.652. The normalized spacial score (nSPS) is 11.9. The van der Waals surface area contributed by atoms with Crippen molar-refractivity contribution in [1.82, 2.24) is 4.98 Å². The third-order valence-electron chi connectivity index (χ3n) is 13.3. The van der Waals surface area contributed by atoms with Crippen LogP contribution in [0.1, 0.15) is 0 Å². The number of aromatic nitrogens is 1. The summed E-state index contributed by atoms with van der Waals surface area (Å²) in [5, 5.41) is 12.2. The number of nitrogens with zero attached hydrogens (tertiary/aromatic N) is 2. The molecule has 0 amide bonds. The number of thiophene rings is 2. The summed E-state index contributed by atoms with van der Waals surface area (Å²) in [4.78, 5) is 7.34. The largest absolute Gasteiger partial charge is 0.438 e. The summed E-state index contributed by atoms with van der Waals surface area (Å²) < 4.78 is 11.5. The third-order valence-corrected chi connectivity index (χ3v) is 15.5. The monoisotopic (exact) mass is 876 g/mol.